The molecule has 2 heterocycles. The first-order valence-electron chi connectivity index (χ1n) is 4.11. The smallest absolute Gasteiger partial charge is 0.285 e. The number of halogens is 3. The first kappa shape index (κ1) is 9.39. The summed E-state index contributed by atoms with van der Waals surface area (Å²) in [7, 11) is 0. The molecule has 0 N–H and O–H groups in total. The fourth-order valence-electron chi connectivity index (χ4n) is 1.53. The molecule has 0 fully saturated rings. The van der Waals surface area contributed by atoms with E-state index in [0.717, 1.165) is 5.56 Å². The molecule has 0 aromatic carbocycles. The van der Waals surface area contributed by atoms with E-state index >= 15 is 0 Å². The maximum Gasteiger partial charge on any atom is 0.401 e. The van der Waals surface area contributed by atoms with E-state index in [-0.39, 0.29) is 13.1 Å². The number of hydrogen-bond acceptors (Lipinski definition) is 3. The zero-order valence-corrected chi connectivity index (χ0v) is 7.25. The second-order valence-electron chi connectivity index (χ2n) is 3.26. The van der Waals surface area contributed by atoms with Crippen LogP contribution in [0, 0.1) is 0 Å². The van der Waals surface area contributed by atoms with Crippen LogP contribution in [-0.4, -0.2) is 27.6 Å². The van der Waals surface area contributed by atoms with Gasteiger partial charge in [0, 0.05) is 24.8 Å². The Balaban J connectivity index is 2.05. The quantitative estimate of drug-likeness (QED) is 0.690. The molecule has 0 saturated carbocycles. The van der Waals surface area contributed by atoms with Crippen LogP contribution in [0.1, 0.15) is 11.3 Å². The van der Waals surface area contributed by atoms with Gasteiger partial charge in [0.25, 0.3) is 0 Å². The van der Waals surface area contributed by atoms with Crippen molar-refractivity contribution >= 4 is 0 Å². The summed E-state index contributed by atoms with van der Waals surface area (Å²) >= 11 is 0. The molecule has 76 valence electrons. The van der Waals surface area contributed by atoms with Crippen LogP contribution in [0.4, 0.5) is 13.2 Å². The van der Waals surface area contributed by atoms with Gasteiger partial charge in [-0.25, -0.2) is 9.97 Å². The topological polar surface area (TPSA) is 29.0 Å². The Morgan fingerprint density at radius 2 is 2.14 bits per heavy atom. The van der Waals surface area contributed by atoms with Crippen LogP contribution in [0.5, 0.6) is 0 Å². The summed E-state index contributed by atoms with van der Waals surface area (Å²) < 4.78 is 36.2. The first-order valence-corrected chi connectivity index (χ1v) is 4.11. The maximum atomic E-state index is 12.1. The molecule has 1 aliphatic heterocycles. The predicted molar refractivity (Wildman–Crippen MR) is 42.2 cm³/mol. The van der Waals surface area contributed by atoms with E-state index in [2.05, 4.69) is 9.97 Å². The highest BCUT2D eigenvalue weighted by Crippen LogP contribution is 2.24. The highest BCUT2D eigenvalue weighted by Gasteiger charge is 2.33. The Bertz CT molecular complexity index is 312. The van der Waals surface area contributed by atoms with Gasteiger partial charge in [0.05, 0.1) is 12.2 Å². The van der Waals surface area contributed by atoms with Gasteiger partial charge in [-0.3, -0.25) is 4.90 Å². The molecule has 3 nitrogen and oxygen atoms in total. The lowest BCUT2D eigenvalue weighted by Gasteiger charge is -2.16. The molecule has 0 saturated heterocycles. The number of aromatic nitrogens is 2. The Morgan fingerprint density at radius 3 is 2.79 bits per heavy atom. The minimum absolute atomic E-state index is 0.261. The summed E-state index contributed by atoms with van der Waals surface area (Å²) in [6.45, 7) is -0.337. The molecule has 2 rings (SSSR count). The standard InChI is InChI=1S/C8H8F3N3/c9-8(10,11)4-14-2-6-1-12-5-13-7(6)3-14/h1,5H,2-4H2. The van der Waals surface area contributed by atoms with Crippen LogP contribution in [0.15, 0.2) is 12.5 Å². The van der Waals surface area contributed by atoms with Crippen LogP contribution in [0.25, 0.3) is 0 Å². The van der Waals surface area contributed by atoms with Crippen LogP contribution < -0.4 is 0 Å². The minimum atomic E-state index is -4.14. The van der Waals surface area contributed by atoms with E-state index in [9.17, 15) is 13.2 Å². The summed E-state index contributed by atoms with van der Waals surface area (Å²) in [5, 5.41) is 0. The van der Waals surface area contributed by atoms with Gasteiger partial charge in [-0.05, 0) is 0 Å². The number of hydrogen-bond donors (Lipinski definition) is 0. The van der Waals surface area contributed by atoms with Crippen molar-refractivity contribution in [3.63, 3.8) is 0 Å². The van der Waals surface area contributed by atoms with Crippen LogP contribution in [0.3, 0.4) is 0 Å². The fraction of sp³-hybridized carbons (Fsp3) is 0.500. The molecule has 0 aliphatic carbocycles. The second kappa shape index (κ2) is 3.20. The van der Waals surface area contributed by atoms with Gasteiger partial charge >= 0.3 is 6.18 Å². The number of fused-ring (bicyclic) bond motifs is 1. The average molecular weight is 203 g/mol. The van der Waals surface area contributed by atoms with Crippen molar-refractivity contribution in [2.75, 3.05) is 6.54 Å². The van der Waals surface area contributed by atoms with Gasteiger partial charge < -0.3 is 0 Å². The lowest BCUT2D eigenvalue weighted by atomic mass is 10.3. The Hall–Kier alpha value is -1.17. The lowest BCUT2D eigenvalue weighted by Crippen LogP contribution is -2.30. The van der Waals surface area contributed by atoms with Crippen molar-refractivity contribution in [3.05, 3.63) is 23.8 Å². The van der Waals surface area contributed by atoms with E-state index < -0.39 is 12.7 Å². The summed E-state index contributed by atoms with van der Waals surface area (Å²) in [4.78, 5) is 8.99. The van der Waals surface area contributed by atoms with Gasteiger partial charge in [0.1, 0.15) is 6.33 Å². The largest absolute Gasteiger partial charge is 0.401 e. The minimum Gasteiger partial charge on any atom is -0.285 e. The normalized spacial score (nSPS) is 17.1. The van der Waals surface area contributed by atoms with Gasteiger partial charge in [-0.1, -0.05) is 0 Å². The molecule has 0 amide bonds. The highest BCUT2D eigenvalue weighted by atomic mass is 19.4. The SMILES string of the molecule is FC(F)(F)CN1Cc2cncnc2C1. The molecular weight excluding hydrogens is 195 g/mol. The second-order valence-corrected chi connectivity index (χ2v) is 3.26. The van der Waals surface area contributed by atoms with Gasteiger partial charge in [-0.15, -0.1) is 0 Å². The fourth-order valence-corrected chi connectivity index (χ4v) is 1.53. The molecule has 1 aliphatic rings. The Labute approximate surface area is 78.6 Å². The van der Waals surface area contributed by atoms with Crippen LogP contribution >= 0.6 is 0 Å². The molecule has 0 spiro atoms. The monoisotopic (exact) mass is 203 g/mol. The van der Waals surface area contributed by atoms with Crippen LogP contribution in [-0.2, 0) is 13.1 Å². The van der Waals surface area contributed by atoms with Crippen molar-refractivity contribution in [2.24, 2.45) is 0 Å². The van der Waals surface area contributed by atoms with Gasteiger partial charge in [-0.2, -0.15) is 13.2 Å². The number of rotatable bonds is 1. The lowest BCUT2D eigenvalue weighted by molar-refractivity contribution is -0.147. The van der Waals surface area contributed by atoms with Crippen LogP contribution in [0.2, 0.25) is 0 Å². The highest BCUT2D eigenvalue weighted by molar-refractivity contribution is 5.20. The predicted octanol–water partition coefficient (Wildman–Crippen LogP) is 1.35. The summed E-state index contributed by atoms with van der Waals surface area (Å²) in [6, 6.07) is 0. The van der Waals surface area contributed by atoms with E-state index in [1.165, 1.54) is 11.2 Å². The third-order valence-electron chi connectivity index (χ3n) is 2.05. The zero-order chi connectivity index (χ0) is 10.2. The van der Waals surface area contributed by atoms with E-state index in [0.29, 0.717) is 5.69 Å². The van der Waals surface area contributed by atoms with Gasteiger partial charge in [0.2, 0.25) is 0 Å². The van der Waals surface area contributed by atoms with E-state index in [4.69, 9.17) is 0 Å². The molecule has 0 radical (unpaired) electrons. The third kappa shape index (κ3) is 2.01. The van der Waals surface area contributed by atoms with Crippen molar-refractivity contribution < 1.29 is 13.2 Å². The first-order chi connectivity index (χ1) is 6.54. The molecule has 0 bridgehead atoms. The molecule has 0 unspecified atom stereocenters. The third-order valence-corrected chi connectivity index (χ3v) is 2.05. The maximum absolute atomic E-state index is 12.1. The summed E-state index contributed by atoms with van der Waals surface area (Å²) in [5.41, 5.74) is 1.49. The molecular formula is C8H8F3N3. The summed E-state index contributed by atoms with van der Waals surface area (Å²) in [5.74, 6) is 0. The van der Waals surface area contributed by atoms with Gasteiger partial charge in [0.15, 0.2) is 0 Å². The van der Waals surface area contributed by atoms with Crippen molar-refractivity contribution in [1.82, 2.24) is 14.9 Å². The van der Waals surface area contributed by atoms with Crippen molar-refractivity contribution in [3.8, 4) is 0 Å². The molecule has 6 heteroatoms. The molecule has 1 aromatic heterocycles. The molecule has 1 aromatic rings. The Kier molecular flexibility index (Phi) is 2.14. The molecule has 0 atom stereocenters. The van der Waals surface area contributed by atoms with E-state index in [1.54, 1.807) is 6.20 Å². The Morgan fingerprint density at radius 1 is 1.36 bits per heavy atom. The van der Waals surface area contributed by atoms with Crippen molar-refractivity contribution in [1.29, 1.82) is 0 Å². The van der Waals surface area contributed by atoms with E-state index in [1.807, 2.05) is 0 Å². The average Bonchev–Trinajstić information content (AvgIpc) is 2.42. The summed E-state index contributed by atoms with van der Waals surface area (Å²) in [6.07, 6.45) is -1.22. The van der Waals surface area contributed by atoms with Crippen molar-refractivity contribution in [2.45, 2.75) is 19.3 Å². The number of alkyl halides is 3. The zero-order valence-electron chi connectivity index (χ0n) is 7.25. The number of nitrogens with zero attached hydrogens (tertiary/aromatic N) is 3. The molecule has 14 heavy (non-hydrogen) atoms.